The van der Waals surface area contributed by atoms with Gasteiger partial charge in [-0.1, -0.05) is 29.4 Å². The van der Waals surface area contributed by atoms with Crippen LogP contribution in [0.5, 0.6) is 0 Å². The molecular weight excluding hydrogens is 318 g/mol. The van der Waals surface area contributed by atoms with E-state index in [1.165, 1.54) is 0 Å². The summed E-state index contributed by atoms with van der Waals surface area (Å²) in [7, 11) is 1.80. The molecule has 2 heterocycles. The van der Waals surface area contributed by atoms with Crippen molar-refractivity contribution in [2.75, 3.05) is 5.32 Å². The van der Waals surface area contributed by atoms with Gasteiger partial charge in [0.1, 0.15) is 11.6 Å². The third-order valence-corrected chi connectivity index (χ3v) is 4.15. The van der Waals surface area contributed by atoms with E-state index in [9.17, 15) is 4.79 Å². The molecule has 0 saturated heterocycles. The molecule has 3 rings (SSSR count). The number of nitrogens with zero attached hydrogens (tertiary/aromatic N) is 3. The number of carbonyl (C=O) groups is 1. The Morgan fingerprint density at radius 2 is 2.00 bits per heavy atom. The molecule has 25 heavy (non-hydrogen) atoms. The maximum Gasteiger partial charge on any atom is 0.320 e. The Morgan fingerprint density at radius 1 is 1.24 bits per heavy atom. The fourth-order valence-corrected chi connectivity index (χ4v) is 2.66. The molecule has 0 bridgehead atoms. The number of nitrogens with one attached hydrogen (secondary N) is 2. The summed E-state index contributed by atoms with van der Waals surface area (Å²) >= 11 is 0. The van der Waals surface area contributed by atoms with Crippen molar-refractivity contribution in [3.8, 4) is 11.3 Å². The first-order valence-electron chi connectivity index (χ1n) is 8.02. The molecule has 0 aliphatic heterocycles. The number of aryl methyl sites for hydroxylation is 4. The Balaban J connectivity index is 1.69. The van der Waals surface area contributed by atoms with Gasteiger partial charge in [0.2, 0.25) is 0 Å². The lowest BCUT2D eigenvalue weighted by Crippen LogP contribution is -2.29. The van der Waals surface area contributed by atoms with Gasteiger partial charge in [-0.3, -0.25) is 10.00 Å². The first-order chi connectivity index (χ1) is 12.0. The molecular formula is C18H21N5O2. The van der Waals surface area contributed by atoms with E-state index < -0.39 is 0 Å². The fraction of sp³-hybridized carbons (Fsp3) is 0.278. The van der Waals surface area contributed by atoms with E-state index in [1.54, 1.807) is 11.7 Å². The molecule has 0 fully saturated rings. The number of urea groups is 1. The number of benzene rings is 1. The number of carbonyl (C=O) groups excluding carboxylic acids is 1. The van der Waals surface area contributed by atoms with Crippen molar-refractivity contribution in [1.29, 1.82) is 0 Å². The van der Waals surface area contributed by atoms with Crippen LogP contribution < -0.4 is 10.6 Å². The maximum absolute atomic E-state index is 12.2. The minimum atomic E-state index is -0.306. The molecule has 1 aromatic carbocycles. The Kier molecular flexibility index (Phi) is 4.56. The number of hydrogen-bond donors (Lipinski definition) is 2. The summed E-state index contributed by atoms with van der Waals surface area (Å²) in [5.41, 5.74) is 4.67. The molecule has 7 nitrogen and oxygen atoms in total. The van der Waals surface area contributed by atoms with E-state index in [-0.39, 0.29) is 6.03 Å². The van der Waals surface area contributed by atoms with Crippen LogP contribution in [-0.2, 0) is 13.6 Å². The largest absolute Gasteiger partial charge is 0.361 e. The van der Waals surface area contributed by atoms with Gasteiger partial charge in [0.15, 0.2) is 0 Å². The Labute approximate surface area is 146 Å². The van der Waals surface area contributed by atoms with Crippen LogP contribution in [0.25, 0.3) is 11.3 Å². The third-order valence-electron chi connectivity index (χ3n) is 4.15. The van der Waals surface area contributed by atoms with Crippen molar-refractivity contribution in [3.63, 3.8) is 0 Å². The number of amides is 2. The van der Waals surface area contributed by atoms with Gasteiger partial charge in [-0.05, 0) is 26.3 Å². The smallest absolute Gasteiger partial charge is 0.320 e. The summed E-state index contributed by atoms with van der Waals surface area (Å²) in [6, 6.07) is 9.56. The van der Waals surface area contributed by atoms with Crippen molar-refractivity contribution in [2.45, 2.75) is 27.3 Å². The quantitative estimate of drug-likeness (QED) is 0.763. The van der Waals surface area contributed by atoms with Crippen LogP contribution in [0.1, 0.15) is 22.6 Å². The summed E-state index contributed by atoms with van der Waals surface area (Å²) in [4.78, 5) is 12.2. The SMILES string of the molecule is Cc1ccccc1-c1cc(NC(=O)NCc2c(C)noc2C)n(C)n1. The predicted octanol–water partition coefficient (Wildman–Crippen LogP) is 3.32. The summed E-state index contributed by atoms with van der Waals surface area (Å²) in [5.74, 6) is 1.33. The average Bonchev–Trinajstić information content (AvgIpc) is 3.09. The molecule has 2 N–H and O–H groups in total. The minimum absolute atomic E-state index is 0.306. The van der Waals surface area contributed by atoms with Gasteiger partial charge in [-0.25, -0.2) is 4.79 Å². The van der Waals surface area contributed by atoms with Crippen LogP contribution in [0.3, 0.4) is 0 Å². The third kappa shape index (κ3) is 3.55. The minimum Gasteiger partial charge on any atom is -0.361 e. The monoisotopic (exact) mass is 339 g/mol. The first-order valence-corrected chi connectivity index (χ1v) is 8.02. The summed E-state index contributed by atoms with van der Waals surface area (Å²) in [5, 5.41) is 14.0. The van der Waals surface area contributed by atoms with E-state index in [0.717, 1.165) is 28.1 Å². The van der Waals surface area contributed by atoms with Crippen molar-refractivity contribution >= 4 is 11.8 Å². The molecule has 0 aliphatic carbocycles. The normalized spacial score (nSPS) is 10.7. The van der Waals surface area contributed by atoms with Crippen LogP contribution in [-0.4, -0.2) is 21.0 Å². The average molecular weight is 339 g/mol. The van der Waals surface area contributed by atoms with Gasteiger partial charge in [0.05, 0.1) is 11.4 Å². The van der Waals surface area contributed by atoms with Crippen molar-refractivity contribution in [1.82, 2.24) is 20.3 Å². The number of rotatable bonds is 4. The van der Waals surface area contributed by atoms with Gasteiger partial charge in [-0.15, -0.1) is 0 Å². The molecule has 0 atom stereocenters. The summed E-state index contributed by atoms with van der Waals surface area (Å²) in [6.45, 7) is 6.06. The molecule has 2 amide bonds. The van der Waals surface area contributed by atoms with Gasteiger partial charge in [0, 0.05) is 30.8 Å². The first kappa shape index (κ1) is 16.8. The molecule has 130 valence electrons. The summed E-state index contributed by atoms with van der Waals surface area (Å²) < 4.78 is 6.74. The zero-order valence-electron chi connectivity index (χ0n) is 14.8. The molecule has 0 unspecified atom stereocenters. The second-order valence-corrected chi connectivity index (χ2v) is 5.96. The Bertz CT molecular complexity index is 891. The topological polar surface area (TPSA) is 85.0 Å². The molecule has 7 heteroatoms. The molecule has 2 aromatic heterocycles. The fourth-order valence-electron chi connectivity index (χ4n) is 2.66. The Hall–Kier alpha value is -3.09. The van der Waals surface area contributed by atoms with Crippen LogP contribution in [0, 0.1) is 20.8 Å². The second kappa shape index (κ2) is 6.80. The van der Waals surface area contributed by atoms with Crippen molar-refractivity contribution in [3.05, 3.63) is 52.9 Å². The lowest BCUT2D eigenvalue weighted by Gasteiger charge is -2.07. The summed E-state index contributed by atoms with van der Waals surface area (Å²) in [6.07, 6.45) is 0. The zero-order valence-corrected chi connectivity index (χ0v) is 14.8. The highest BCUT2D eigenvalue weighted by atomic mass is 16.5. The molecule has 0 radical (unpaired) electrons. The molecule has 3 aromatic rings. The van der Waals surface area contributed by atoms with E-state index >= 15 is 0 Å². The van der Waals surface area contributed by atoms with Crippen LogP contribution in [0.15, 0.2) is 34.9 Å². The van der Waals surface area contributed by atoms with Crippen LogP contribution >= 0.6 is 0 Å². The highest BCUT2D eigenvalue weighted by molar-refractivity contribution is 5.89. The number of hydrogen-bond acceptors (Lipinski definition) is 4. The van der Waals surface area contributed by atoms with E-state index in [4.69, 9.17) is 4.52 Å². The number of anilines is 1. The lowest BCUT2D eigenvalue weighted by atomic mass is 10.1. The zero-order chi connectivity index (χ0) is 18.0. The highest BCUT2D eigenvalue weighted by Crippen LogP contribution is 2.24. The Morgan fingerprint density at radius 3 is 2.68 bits per heavy atom. The van der Waals surface area contributed by atoms with Crippen molar-refractivity contribution < 1.29 is 9.32 Å². The standard InChI is InChI=1S/C18H21N5O2/c1-11-7-5-6-8-14(11)16-9-17(23(4)21-16)20-18(24)19-10-15-12(2)22-25-13(15)3/h5-9H,10H2,1-4H3,(H2,19,20,24). The lowest BCUT2D eigenvalue weighted by molar-refractivity contribution is 0.251. The van der Waals surface area contributed by atoms with E-state index in [2.05, 4.69) is 20.9 Å². The molecule has 0 aliphatic rings. The van der Waals surface area contributed by atoms with Crippen LogP contribution in [0.2, 0.25) is 0 Å². The van der Waals surface area contributed by atoms with Gasteiger partial charge in [0.25, 0.3) is 0 Å². The number of aromatic nitrogens is 3. The van der Waals surface area contributed by atoms with Gasteiger partial charge < -0.3 is 9.84 Å². The van der Waals surface area contributed by atoms with Gasteiger partial charge in [-0.2, -0.15) is 5.10 Å². The second-order valence-electron chi connectivity index (χ2n) is 5.96. The predicted molar refractivity (Wildman–Crippen MR) is 95.2 cm³/mol. The molecule has 0 saturated carbocycles. The van der Waals surface area contributed by atoms with Crippen LogP contribution in [0.4, 0.5) is 10.6 Å². The molecule has 0 spiro atoms. The highest BCUT2D eigenvalue weighted by Gasteiger charge is 2.13. The van der Waals surface area contributed by atoms with Gasteiger partial charge >= 0.3 is 6.03 Å². The van der Waals surface area contributed by atoms with E-state index in [1.807, 2.05) is 51.1 Å². The van der Waals surface area contributed by atoms with E-state index in [0.29, 0.717) is 18.1 Å². The maximum atomic E-state index is 12.2. The van der Waals surface area contributed by atoms with Crippen molar-refractivity contribution in [2.24, 2.45) is 7.05 Å².